The molecule has 0 heterocycles. The molecule has 2 rings (SSSR count). The van der Waals surface area contributed by atoms with Crippen LogP contribution in [0.25, 0.3) is 0 Å². The van der Waals surface area contributed by atoms with E-state index in [1.807, 2.05) is 43.0 Å². The van der Waals surface area contributed by atoms with E-state index in [-0.39, 0.29) is 24.4 Å². The van der Waals surface area contributed by atoms with Crippen LogP contribution in [0.5, 0.6) is 0 Å². The maximum absolute atomic E-state index is 12.3. The third-order valence-electron chi connectivity index (χ3n) is 3.59. The summed E-state index contributed by atoms with van der Waals surface area (Å²) in [5, 5.41) is 3.98. The van der Waals surface area contributed by atoms with Crippen molar-refractivity contribution in [3.8, 4) is 0 Å². The molecule has 1 aromatic carbocycles. The Kier molecular flexibility index (Phi) is 7.50. The van der Waals surface area contributed by atoms with Crippen LogP contribution in [-0.2, 0) is 11.3 Å². The summed E-state index contributed by atoms with van der Waals surface area (Å²) in [6, 6.07) is 7.88. The molecule has 0 aromatic heterocycles. The second-order valence-corrected chi connectivity index (χ2v) is 6.26. The van der Waals surface area contributed by atoms with Crippen molar-refractivity contribution in [2.75, 3.05) is 13.1 Å². The Labute approximate surface area is 138 Å². The van der Waals surface area contributed by atoms with Gasteiger partial charge in [0.2, 0.25) is 5.91 Å². The standard InChI is InChI=1S/C16H23ClN2O.ClH/c1-12(2)19(11-14-4-3-5-15(17)8-14)16(20)10-18-9-13-6-7-13;/h3-5,8,12-13,18H,6-7,9-11H2,1-2H3;1H. The zero-order valence-electron chi connectivity index (χ0n) is 12.6. The van der Waals surface area contributed by atoms with E-state index in [0.29, 0.717) is 18.1 Å². The maximum atomic E-state index is 12.3. The Morgan fingerprint density at radius 3 is 2.71 bits per heavy atom. The highest BCUT2D eigenvalue weighted by atomic mass is 35.5. The van der Waals surface area contributed by atoms with Gasteiger partial charge in [-0.3, -0.25) is 4.79 Å². The first-order valence-corrected chi connectivity index (χ1v) is 7.68. The van der Waals surface area contributed by atoms with E-state index >= 15 is 0 Å². The molecule has 0 atom stereocenters. The number of benzene rings is 1. The van der Waals surface area contributed by atoms with Crippen molar-refractivity contribution in [1.29, 1.82) is 0 Å². The molecule has 1 N–H and O–H groups in total. The van der Waals surface area contributed by atoms with Gasteiger partial charge in [-0.05, 0) is 56.8 Å². The summed E-state index contributed by atoms with van der Waals surface area (Å²) in [7, 11) is 0. The molecule has 0 spiro atoms. The third kappa shape index (κ3) is 6.25. The van der Waals surface area contributed by atoms with Crippen molar-refractivity contribution in [2.24, 2.45) is 5.92 Å². The fourth-order valence-electron chi connectivity index (χ4n) is 2.20. The van der Waals surface area contributed by atoms with E-state index in [0.717, 1.165) is 18.0 Å². The molecule has 1 aromatic rings. The molecule has 1 amide bonds. The summed E-state index contributed by atoms with van der Waals surface area (Å²) in [5.41, 5.74) is 1.07. The van der Waals surface area contributed by atoms with Crippen LogP contribution >= 0.6 is 24.0 Å². The quantitative estimate of drug-likeness (QED) is 0.829. The molecule has 1 fully saturated rings. The van der Waals surface area contributed by atoms with E-state index < -0.39 is 0 Å². The van der Waals surface area contributed by atoms with Crippen molar-refractivity contribution in [3.05, 3.63) is 34.9 Å². The van der Waals surface area contributed by atoms with Crippen molar-refractivity contribution in [3.63, 3.8) is 0 Å². The molecular formula is C16H24Cl2N2O. The van der Waals surface area contributed by atoms with Gasteiger partial charge in [-0.2, -0.15) is 0 Å². The molecule has 5 heteroatoms. The lowest BCUT2D eigenvalue weighted by molar-refractivity contribution is -0.132. The Morgan fingerprint density at radius 1 is 1.43 bits per heavy atom. The summed E-state index contributed by atoms with van der Waals surface area (Å²) < 4.78 is 0. The van der Waals surface area contributed by atoms with Gasteiger partial charge in [0.1, 0.15) is 0 Å². The molecule has 0 radical (unpaired) electrons. The maximum Gasteiger partial charge on any atom is 0.237 e. The van der Waals surface area contributed by atoms with E-state index in [2.05, 4.69) is 5.32 Å². The summed E-state index contributed by atoms with van der Waals surface area (Å²) >= 11 is 6.00. The van der Waals surface area contributed by atoms with Crippen LogP contribution in [0.3, 0.4) is 0 Å². The van der Waals surface area contributed by atoms with Gasteiger partial charge in [0.25, 0.3) is 0 Å². The van der Waals surface area contributed by atoms with Crippen molar-refractivity contribution < 1.29 is 4.79 Å². The second kappa shape index (κ2) is 8.62. The van der Waals surface area contributed by atoms with Gasteiger partial charge in [0.15, 0.2) is 0 Å². The molecule has 21 heavy (non-hydrogen) atoms. The predicted octanol–water partition coefficient (Wildman–Crippen LogP) is 3.50. The fourth-order valence-corrected chi connectivity index (χ4v) is 2.41. The second-order valence-electron chi connectivity index (χ2n) is 5.82. The van der Waals surface area contributed by atoms with E-state index in [1.54, 1.807) is 0 Å². The van der Waals surface area contributed by atoms with Gasteiger partial charge in [-0.1, -0.05) is 23.7 Å². The fraction of sp³-hybridized carbons (Fsp3) is 0.562. The highest BCUT2D eigenvalue weighted by Gasteiger charge is 2.22. The van der Waals surface area contributed by atoms with Gasteiger partial charge >= 0.3 is 0 Å². The van der Waals surface area contributed by atoms with Gasteiger partial charge in [-0.25, -0.2) is 0 Å². The minimum Gasteiger partial charge on any atom is -0.335 e. The van der Waals surface area contributed by atoms with E-state index in [1.165, 1.54) is 12.8 Å². The number of amides is 1. The number of hydrogen-bond acceptors (Lipinski definition) is 2. The first kappa shape index (κ1) is 18.3. The normalized spacial score (nSPS) is 13.9. The number of halogens is 2. The number of nitrogens with zero attached hydrogens (tertiary/aromatic N) is 1. The molecule has 3 nitrogen and oxygen atoms in total. The first-order valence-electron chi connectivity index (χ1n) is 7.31. The molecule has 1 aliphatic carbocycles. The summed E-state index contributed by atoms with van der Waals surface area (Å²) in [4.78, 5) is 14.2. The van der Waals surface area contributed by atoms with Crippen molar-refractivity contribution >= 4 is 29.9 Å². The van der Waals surface area contributed by atoms with Crippen LogP contribution in [0.2, 0.25) is 5.02 Å². The molecule has 0 aliphatic heterocycles. The molecule has 0 saturated heterocycles. The number of carbonyl (C=O) groups is 1. The predicted molar refractivity (Wildman–Crippen MR) is 90.0 cm³/mol. The average Bonchev–Trinajstić information content (AvgIpc) is 3.19. The molecule has 118 valence electrons. The highest BCUT2D eigenvalue weighted by molar-refractivity contribution is 6.30. The van der Waals surface area contributed by atoms with E-state index in [4.69, 9.17) is 11.6 Å². The lowest BCUT2D eigenvalue weighted by Gasteiger charge is -2.27. The van der Waals surface area contributed by atoms with Crippen molar-refractivity contribution in [1.82, 2.24) is 10.2 Å². The zero-order valence-corrected chi connectivity index (χ0v) is 14.2. The summed E-state index contributed by atoms with van der Waals surface area (Å²) in [6.45, 7) is 6.10. The number of rotatable bonds is 7. The summed E-state index contributed by atoms with van der Waals surface area (Å²) in [5.74, 6) is 0.948. The largest absolute Gasteiger partial charge is 0.335 e. The molecule has 0 bridgehead atoms. The number of carbonyl (C=O) groups excluding carboxylic acids is 1. The van der Waals surface area contributed by atoms with Crippen molar-refractivity contribution in [2.45, 2.75) is 39.3 Å². The lowest BCUT2D eigenvalue weighted by atomic mass is 10.2. The lowest BCUT2D eigenvalue weighted by Crippen LogP contribution is -2.42. The molecular weight excluding hydrogens is 307 g/mol. The van der Waals surface area contributed by atoms with Crippen LogP contribution in [0.15, 0.2) is 24.3 Å². The van der Waals surface area contributed by atoms with Gasteiger partial charge in [0.05, 0.1) is 6.54 Å². The monoisotopic (exact) mass is 330 g/mol. The Balaban J connectivity index is 0.00000220. The van der Waals surface area contributed by atoms with Crippen LogP contribution in [0, 0.1) is 5.92 Å². The smallest absolute Gasteiger partial charge is 0.237 e. The minimum atomic E-state index is 0. The van der Waals surface area contributed by atoms with Gasteiger partial charge < -0.3 is 10.2 Å². The minimum absolute atomic E-state index is 0. The third-order valence-corrected chi connectivity index (χ3v) is 3.83. The van der Waals surface area contributed by atoms with Crippen LogP contribution in [0.1, 0.15) is 32.3 Å². The highest BCUT2D eigenvalue weighted by Crippen LogP contribution is 2.27. The first-order chi connectivity index (χ1) is 9.56. The topological polar surface area (TPSA) is 32.3 Å². The average molecular weight is 331 g/mol. The van der Waals surface area contributed by atoms with E-state index in [9.17, 15) is 4.79 Å². The Bertz CT molecular complexity index is 461. The Hall–Kier alpha value is -0.770. The van der Waals surface area contributed by atoms with Gasteiger partial charge in [-0.15, -0.1) is 12.4 Å². The molecule has 1 saturated carbocycles. The summed E-state index contributed by atoms with van der Waals surface area (Å²) in [6.07, 6.45) is 2.61. The van der Waals surface area contributed by atoms with Crippen LogP contribution in [-0.4, -0.2) is 29.9 Å². The van der Waals surface area contributed by atoms with Gasteiger partial charge in [0, 0.05) is 17.6 Å². The number of hydrogen-bond donors (Lipinski definition) is 1. The van der Waals surface area contributed by atoms with Crippen LogP contribution < -0.4 is 5.32 Å². The zero-order chi connectivity index (χ0) is 14.5. The molecule has 0 unspecified atom stereocenters. The van der Waals surface area contributed by atoms with Crippen LogP contribution in [0.4, 0.5) is 0 Å². The Morgan fingerprint density at radius 2 is 2.14 bits per heavy atom. The number of nitrogens with one attached hydrogen (secondary N) is 1. The SMILES string of the molecule is CC(C)N(Cc1cccc(Cl)c1)C(=O)CNCC1CC1.Cl. The molecule has 1 aliphatic rings.